The number of likely N-dealkylation sites (tertiary alicyclic amines) is 1. The number of hydrogen-bond acceptors (Lipinski definition) is 17. The van der Waals surface area contributed by atoms with Gasteiger partial charge in [-0.3, -0.25) is 19.5 Å². The molecule has 7 atom stereocenters. The zero-order valence-corrected chi connectivity index (χ0v) is 46.5. The summed E-state index contributed by atoms with van der Waals surface area (Å²) in [7, 11) is 0. The minimum Gasteiger partial charge on any atom is -0.508 e. The van der Waals surface area contributed by atoms with Crippen molar-refractivity contribution in [1.82, 2.24) is 50.4 Å². The Balaban J connectivity index is 0.609. The molecule has 0 spiro atoms. The number of phenols is 1. The first-order chi connectivity index (χ1) is 38.3. The Labute approximate surface area is 464 Å². The van der Waals surface area contributed by atoms with Gasteiger partial charge in [-0.15, -0.1) is 11.3 Å². The number of aryl methyl sites for hydroxylation is 1. The number of aromatic nitrogens is 5. The first-order valence-corrected chi connectivity index (χ1v) is 29.2. The fraction of sp³-hybridized carbons (Fsp3) is 0.483. The second kappa shape index (κ2) is 21.0. The molecule has 5 aliphatic heterocycles. The number of piperazine rings is 2. The topological polar surface area (TPSA) is 202 Å². The van der Waals surface area contributed by atoms with E-state index >= 15 is 0 Å². The van der Waals surface area contributed by atoms with Crippen molar-refractivity contribution >= 4 is 56.5 Å². The van der Waals surface area contributed by atoms with Gasteiger partial charge in [-0.05, 0) is 72.2 Å². The molecule has 412 valence electrons. The fourth-order valence-corrected chi connectivity index (χ4v) is 14.3. The normalized spacial score (nSPS) is 23.1. The number of thiazole rings is 1. The number of β-amino-alcohol motifs (C(OH)–C–C–N with tert-alkyl or cyclic N) is 1. The molecule has 2 amide bonds. The molecule has 79 heavy (non-hydrogen) atoms. The van der Waals surface area contributed by atoms with Crippen LogP contribution in [-0.4, -0.2) is 165 Å². The maximum absolute atomic E-state index is 14.4. The van der Waals surface area contributed by atoms with E-state index in [1.54, 1.807) is 11.3 Å². The summed E-state index contributed by atoms with van der Waals surface area (Å²) in [6, 6.07) is 20.1. The lowest BCUT2D eigenvalue weighted by molar-refractivity contribution is -0.141. The molecule has 3 aromatic carbocycles. The lowest BCUT2D eigenvalue weighted by Crippen LogP contribution is -2.55. The van der Waals surface area contributed by atoms with Crippen LogP contribution in [0.15, 0.2) is 76.9 Å². The number of phenolic OH excluding ortho intramolecular Hbond substituents is 1. The maximum atomic E-state index is 14.4. The highest BCUT2D eigenvalue weighted by Crippen LogP contribution is 2.49. The second-order valence-electron chi connectivity index (χ2n) is 23.4. The van der Waals surface area contributed by atoms with E-state index in [9.17, 15) is 19.8 Å². The quantitative estimate of drug-likeness (QED) is 0.0810. The van der Waals surface area contributed by atoms with Crippen molar-refractivity contribution < 1.29 is 29.1 Å². The number of carbonyl (C=O) groups excluding carboxylic acids is 2. The highest BCUT2D eigenvalue weighted by molar-refractivity contribution is 7.13. The third-order valence-electron chi connectivity index (χ3n) is 17.7. The molecule has 9 heterocycles. The number of aliphatic hydroxyl groups excluding tert-OH is 1. The molecule has 5 saturated heterocycles. The molecule has 0 saturated carbocycles. The van der Waals surface area contributed by atoms with Gasteiger partial charge in [-0.25, -0.2) is 4.98 Å². The molecule has 0 radical (unpaired) electrons. The minimum atomic E-state index is -0.808. The van der Waals surface area contributed by atoms with Gasteiger partial charge in [0.05, 0.1) is 44.8 Å². The molecule has 3 unspecified atom stereocenters. The zero-order chi connectivity index (χ0) is 54.2. The Morgan fingerprint density at radius 2 is 1.70 bits per heavy atom. The van der Waals surface area contributed by atoms with Crippen LogP contribution in [0, 0.1) is 18.8 Å². The summed E-state index contributed by atoms with van der Waals surface area (Å²) in [4.78, 5) is 60.3. The molecular weight excluding hydrogens is 1020 g/mol. The molecule has 6 aliphatic rings. The van der Waals surface area contributed by atoms with E-state index in [2.05, 4.69) is 65.5 Å². The van der Waals surface area contributed by atoms with E-state index in [4.69, 9.17) is 24.2 Å². The van der Waals surface area contributed by atoms with Crippen LogP contribution in [0.25, 0.3) is 43.4 Å². The van der Waals surface area contributed by atoms with Crippen LogP contribution in [0.2, 0.25) is 0 Å². The predicted molar refractivity (Wildman–Crippen MR) is 305 cm³/mol. The molecule has 5 fully saturated rings. The molecule has 18 nitrogen and oxygen atoms in total. The van der Waals surface area contributed by atoms with Crippen LogP contribution in [0.3, 0.4) is 0 Å². The number of hydrogen-bond donors (Lipinski definition) is 4. The van der Waals surface area contributed by atoms with Crippen molar-refractivity contribution in [3.05, 3.63) is 101 Å². The molecule has 19 heteroatoms. The van der Waals surface area contributed by atoms with Gasteiger partial charge in [-0.2, -0.15) is 9.97 Å². The average Bonchev–Trinajstić information content (AvgIpc) is 4.33. The summed E-state index contributed by atoms with van der Waals surface area (Å²) in [5.74, 6) is 1.46. The van der Waals surface area contributed by atoms with Crippen molar-refractivity contribution in [3.63, 3.8) is 0 Å². The average molecular weight is 1090 g/mol. The van der Waals surface area contributed by atoms with Crippen LogP contribution in [0.5, 0.6) is 11.8 Å². The third-order valence-corrected chi connectivity index (χ3v) is 18.7. The van der Waals surface area contributed by atoms with Crippen LogP contribution in [0.4, 0.5) is 11.6 Å². The number of ether oxygens (including phenoxy) is 1. The van der Waals surface area contributed by atoms with Gasteiger partial charge in [0.15, 0.2) is 11.6 Å². The molecular formula is C60H70N12O6S. The highest BCUT2D eigenvalue weighted by Gasteiger charge is 2.44. The van der Waals surface area contributed by atoms with Gasteiger partial charge in [0, 0.05) is 126 Å². The van der Waals surface area contributed by atoms with Crippen LogP contribution in [-0.2, 0) is 9.59 Å². The van der Waals surface area contributed by atoms with E-state index < -0.39 is 18.1 Å². The van der Waals surface area contributed by atoms with Gasteiger partial charge in [-0.1, -0.05) is 68.4 Å². The predicted octanol–water partition coefficient (Wildman–Crippen LogP) is 7.09. The summed E-state index contributed by atoms with van der Waals surface area (Å²) in [5, 5.41) is 36.0. The Bertz CT molecular complexity index is 3420. The van der Waals surface area contributed by atoms with Crippen LogP contribution in [0.1, 0.15) is 93.0 Å². The van der Waals surface area contributed by atoms with Crippen molar-refractivity contribution in [1.29, 1.82) is 0 Å². The monoisotopic (exact) mass is 1090 g/mol. The first-order valence-electron chi connectivity index (χ1n) is 28.4. The molecule has 2 bridgehead atoms. The van der Waals surface area contributed by atoms with Gasteiger partial charge >= 0.3 is 6.01 Å². The SMILES string of the molecule is Cc1ncsc1-c1ccc([C@H](C)NC(=O)[C@@H]2C[C@@H](O)CN2C(=O)[C@H](c2cc(N3CC(CN4CCN(CCOc5nc(N6CC7CCC(C6)N7)c6cnc7c(c6n5)C(C)c5cccc6cc(O)cc-7c56)CC4)C3)no2)C(C)C)cc1. The summed E-state index contributed by atoms with van der Waals surface area (Å²) in [6.07, 6.45) is 3.61. The van der Waals surface area contributed by atoms with Gasteiger partial charge in [0.25, 0.3) is 0 Å². The van der Waals surface area contributed by atoms with E-state index in [1.807, 2.05) is 81.9 Å². The van der Waals surface area contributed by atoms with E-state index in [0.29, 0.717) is 42.2 Å². The number of carbonyl (C=O) groups is 2. The van der Waals surface area contributed by atoms with E-state index in [1.165, 1.54) is 10.5 Å². The number of nitrogens with one attached hydrogen (secondary N) is 2. The largest absolute Gasteiger partial charge is 0.508 e. The number of amides is 2. The summed E-state index contributed by atoms with van der Waals surface area (Å²) >= 11 is 1.60. The molecule has 4 aromatic heterocycles. The smallest absolute Gasteiger partial charge is 0.319 e. The number of benzene rings is 3. The van der Waals surface area contributed by atoms with E-state index in [0.717, 1.165) is 144 Å². The Hall–Kier alpha value is -6.77. The summed E-state index contributed by atoms with van der Waals surface area (Å²) in [6.45, 7) is 19.7. The Morgan fingerprint density at radius 1 is 0.924 bits per heavy atom. The Morgan fingerprint density at radius 3 is 2.44 bits per heavy atom. The van der Waals surface area contributed by atoms with Gasteiger partial charge in [0.2, 0.25) is 11.8 Å². The molecule has 4 N–H and O–H groups in total. The number of aliphatic hydroxyl groups is 1. The summed E-state index contributed by atoms with van der Waals surface area (Å²) in [5.41, 5.74) is 9.73. The number of rotatable bonds is 15. The number of pyridine rings is 1. The highest BCUT2D eigenvalue weighted by atomic mass is 32.1. The van der Waals surface area contributed by atoms with Crippen molar-refractivity contribution in [3.8, 4) is 33.5 Å². The second-order valence-corrected chi connectivity index (χ2v) is 24.3. The first kappa shape index (κ1) is 51.7. The molecule has 1 aliphatic carbocycles. The lowest BCUT2D eigenvalue weighted by atomic mass is 9.79. The standard InChI is InChI=1S/C60H70N12O6S/c1-33(2)51(59(76)72-31-44(74)23-48(72)58(75)63-35(4)38-9-11-39(12-10-38)56-36(5)62-32-79-56)49-24-50(67-78-49)70-27-37(28-70)26-69-17-15-68(16-18-69)19-20-77-60-65-55-47(57(66-60)71-29-41-13-14-42(30-71)64-41)25-61-54-46-22-43(73)21-40-7-6-8-45(53(40)46)34(3)52(54)55/h6-12,21-22,24-25,32-35,37,41-42,44,48,51,64,73-74H,13-20,23,26-31H2,1-5H3,(H,63,75)/t34?,35-,41?,42?,44+,48-,51-/m0/s1. The number of anilines is 2. The zero-order valence-electron chi connectivity index (χ0n) is 45.6. The van der Waals surface area contributed by atoms with Crippen molar-refractivity contribution in [2.24, 2.45) is 11.8 Å². The fourth-order valence-electron chi connectivity index (χ4n) is 13.5. The Kier molecular flexibility index (Phi) is 13.8. The minimum absolute atomic E-state index is 0.0237. The van der Waals surface area contributed by atoms with Crippen LogP contribution < -0.4 is 25.2 Å². The third kappa shape index (κ3) is 9.84. The molecule has 7 aromatic rings. The number of nitrogens with zero attached hydrogens (tertiary/aromatic N) is 10. The van der Waals surface area contributed by atoms with E-state index in [-0.39, 0.29) is 48.4 Å². The maximum Gasteiger partial charge on any atom is 0.319 e. The van der Waals surface area contributed by atoms with Gasteiger partial charge < -0.3 is 49.7 Å². The van der Waals surface area contributed by atoms with Gasteiger partial charge in [0.1, 0.15) is 30.1 Å². The van der Waals surface area contributed by atoms with Crippen molar-refractivity contribution in [2.45, 2.75) is 96.0 Å². The van der Waals surface area contributed by atoms with Crippen LogP contribution >= 0.6 is 11.3 Å². The summed E-state index contributed by atoms with van der Waals surface area (Å²) < 4.78 is 12.5. The lowest BCUT2D eigenvalue weighted by Gasteiger charge is -2.43. The number of aromatic hydroxyl groups is 1. The van der Waals surface area contributed by atoms with Crippen molar-refractivity contribution in [2.75, 3.05) is 88.4 Å². The molecule has 13 rings (SSSR count). The number of fused-ring (bicyclic) bond motifs is 6.